The van der Waals surface area contributed by atoms with Crippen LogP contribution in [0.25, 0.3) is 12.2 Å². The first kappa shape index (κ1) is 10.1. The minimum Gasteiger partial charge on any atom is -0.189 e. The third-order valence-electron chi connectivity index (χ3n) is 2.43. The molecule has 0 radical (unpaired) electrons. The quantitative estimate of drug-likeness (QED) is 0.679. The fraction of sp³-hybridized carbons (Fsp3) is 0.154. The van der Waals surface area contributed by atoms with Crippen molar-refractivity contribution in [3.05, 3.63) is 52.0 Å². The molecule has 1 nitrogen and oxygen atoms in total. The summed E-state index contributed by atoms with van der Waals surface area (Å²) in [6, 6.07) is 10.4. The Labute approximate surface area is 94.3 Å². The van der Waals surface area contributed by atoms with Gasteiger partial charge in [-0.25, -0.2) is 0 Å². The molecule has 1 aromatic carbocycles. The van der Waals surface area contributed by atoms with Crippen LogP contribution in [0.4, 0.5) is 0 Å². The van der Waals surface area contributed by atoms with Crippen LogP contribution in [0.5, 0.6) is 0 Å². The van der Waals surface area contributed by atoms with Crippen LogP contribution in [0.3, 0.4) is 0 Å². The monoisotopic (exact) mass is 216 g/mol. The van der Waals surface area contributed by atoms with E-state index in [-0.39, 0.29) is 0 Å². The van der Waals surface area contributed by atoms with E-state index < -0.39 is 0 Å². The highest BCUT2D eigenvalue weighted by Crippen LogP contribution is 2.10. The number of aryl methyl sites for hydroxylation is 1. The van der Waals surface area contributed by atoms with Gasteiger partial charge in [-0.3, -0.25) is 0 Å². The molecule has 1 heterocycles. The SMILES string of the molecule is Cc1csc(/C=C/c2ccccc2)[n+]1C. The van der Waals surface area contributed by atoms with E-state index in [2.05, 4.69) is 60.3 Å². The van der Waals surface area contributed by atoms with Crippen molar-refractivity contribution < 1.29 is 4.57 Å². The molecule has 76 valence electrons. The highest BCUT2D eigenvalue weighted by molar-refractivity contribution is 7.10. The summed E-state index contributed by atoms with van der Waals surface area (Å²) < 4.78 is 2.20. The van der Waals surface area contributed by atoms with Crippen LogP contribution in [-0.4, -0.2) is 0 Å². The Morgan fingerprint density at radius 2 is 1.87 bits per heavy atom. The van der Waals surface area contributed by atoms with E-state index >= 15 is 0 Å². The Hall–Kier alpha value is -1.41. The lowest BCUT2D eigenvalue weighted by Gasteiger charge is -1.89. The summed E-state index contributed by atoms with van der Waals surface area (Å²) in [5.41, 5.74) is 2.54. The fourth-order valence-electron chi connectivity index (χ4n) is 1.36. The molecule has 0 aliphatic rings. The first-order chi connectivity index (χ1) is 7.27. The van der Waals surface area contributed by atoms with Gasteiger partial charge in [0, 0.05) is 13.0 Å². The van der Waals surface area contributed by atoms with Gasteiger partial charge >= 0.3 is 0 Å². The lowest BCUT2D eigenvalue weighted by atomic mass is 10.2. The number of nitrogens with zero attached hydrogens (tertiary/aromatic N) is 1. The highest BCUT2D eigenvalue weighted by Gasteiger charge is 2.08. The van der Waals surface area contributed by atoms with Gasteiger partial charge in [0.05, 0.1) is 5.38 Å². The average Bonchev–Trinajstić information content (AvgIpc) is 2.59. The molecule has 0 saturated heterocycles. The number of aromatic nitrogens is 1. The maximum absolute atomic E-state index is 2.20. The molecule has 0 fully saturated rings. The normalized spacial score (nSPS) is 11.1. The predicted molar refractivity (Wildman–Crippen MR) is 65.6 cm³/mol. The second kappa shape index (κ2) is 4.41. The Bertz CT molecular complexity index is 469. The Kier molecular flexibility index (Phi) is 2.97. The molecule has 0 saturated carbocycles. The van der Waals surface area contributed by atoms with E-state index in [0.29, 0.717) is 0 Å². The van der Waals surface area contributed by atoms with Crippen LogP contribution in [0, 0.1) is 6.92 Å². The van der Waals surface area contributed by atoms with Crippen molar-refractivity contribution in [2.75, 3.05) is 0 Å². The van der Waals surface area contributed by atoms with E-state index in [0.717, 1.165) is 0 Å². The van der Waals surface area contributed by atoms with Gasteiger partial charge in [0.1, 0.15) is 7.05 Å². The van der Waals surface area contributed by atoms with E-state index in [1.54, 1.807) is 11.3 Å². The number of benzene rings is 1. The van der Waals surface area contributed by atoms with Crippen LogP contribution in [0.15, 0.2) is 35.7 Å². The minimum absolute atomic E-state index is 1.24. The molecule has 2 heteroatoms. The summed E-state index contributed by atoms with van der Waals surface area (Å²) in [6.45, 7) is 2.12. The molecule has 0 N–H and O–H groups in total. The van der Waals surface area contributed by atoms with Crippen molar-refractivity contribution in [2.45, 2.75) is 6.92 Å². The first-order valence-electron chi connectivity index (χ1n) is 4.94. The molecule has 2 rings (SSSR count). The van der Waals surface area contributed by atoms with Gasteiger partial charge in [0.15, 0.2) is 5.69 Å². The maximum Gasteiger partial charge on any atom is 0.261 e. The van der Waals surface area contributed by atoms with Gasteiger partial charge in [0.25, 0.3) is 5.01 Å². The van der Waals surface area contributed by atoms with Crippen molar-refractivity contribution in [3.8, 4) is 0 Å². The summed E-state index contributed by atoms with van der Waals surface area (Å²) in [6.07, 6.45) is 4.30. The highest BCUT2D eigenvalue weighted by atomic mass is 32.1. The average molecular weight is 216 g/mol. The van der Waals surface area contributed by atoms with Crippen molar-refractivity contribution in [2.24, 2.45) is 7.05 Å². The summed E-state index contributed by atoms with van der Waals surface area (Å²) >= 11 is 1.77. The summed E-state index contributed by atoms with van der Waals surface area (Å²) in [4.78, 5) is 0. The molecule has 0 bridgehead atoms. The van der Waals surface area contributed by atoms with Gasteiger partial charge in [-0.1, -0.05) is 41.7 Å². The largest absolute Gasteiger partial charge is 0.261 e. The van der Waals surface area contributed by atoms with Crippen LogP contribution < -0.4 is 4.57 Å². The molecule has 0 atom stereocenters. The first-order valence-corrected chi connectivity index (χ1v) is 5.82. The smallest absolute Gasteiger partial charge is 0.189 e. The number of hydrogen-bond acceptors (Lipinski definition) is 1. The summed E-state index contributed by atoms with van der Waals surface area (Å²) in [7, 11) is 2.09. The zero-order chi connectivity index (χ0) is 10.7. The third kappa shape index (κ3) is 2.34. The van der Waals surface area contributed by atoms with E-state index in [1.165, 1.54) is 16.3 Å². The van der Waals surface area contributed by atoms with Crippen LogP contribution in [0.1, 0.15) is 16.3 Å². The molecule has 0 aliphatic heterocycles. The summed E-state index contributed by atoms with van der Waals surface area (Å²) in [5.74, 6) is 0. The Morgan fingerprint density at radius 3 is 2.47 bits per heavy atom. The van der Waals surface area contributed by atoms with E-state index in [4.69, 9.17) is 0 Å². The van der Waals surface area contributed by atoms with Gasteiger partial charge in [0.2, 0.25) is 0 Å². The van der Waals surface area contributed by atoms with Crippen molar-refractivity contribution in [3.63, 3.8) is 0 Å². The molecule has 1 aromatic heterocycles. The standard InChI is InChI=1S/C13H14NS/c1-11-10-15-13(14(11)2)9-8-12-6-4-3-5-7-12/h3-10H,1-2H3/q+1/b9-8+. The van der Waals surface area contributed by atoms with Gasteiger partial charge in [-0.2, -0.15) is 4.57 Å². The van der Waals surface area contributed by atoms with Crippen molar-refractivity contribution in [1.82, 2.24) is 0 Å². The van der Waals surface area contributed by atoms with Crippen LogP contribution in [0.2, 0.25) is 0 Å². The van der Waals surface area contributed by atoms with Gasteiger partial charge < -0.3 is 0 Å². The van der Waals surface area contributed by atoms with Gasteiger partial charge in [-0.05, 0) is 11.6 Å². The number of hydrogen-bond donors (Lipinski definition) is 0. The maximum atomic E-state index is 2.20. The Morgan fingerprint density at radius 1 is 1.13 bits per heavy atom. The second-order valence-electron chi connectivity index (χ2n) is 3.52. The van der Waals surface area contributed by atoms with Crippen molar-refractivity contribution >= 4 is 23.5 Å². The summed E-state index contributed by atoms with van der Waals surface area (Å²) in [5, 5.41) is 3.45. The number of thiazole rings is 1. The second-order valence-corrected chi connectivity index (χ2v) is 4.41. The molecule has 2 aromatic rings. The third-order valence-corrected chi connectivity index (χ3v) is 3.54. The lowest BCUT2D eigenvalue weighted by molar-refractivity contribution is -0.674. The molecule has 0 aliphatic carbocycles. The van der Waals surface area contributed by atoms with Crippen LogP contribution >= 0.6 is 11.3 Å². The molecular formula is C13H14NS+. The minimum atomic E-state index is 1.24. The van der Waals surface area contributed by atoms with E-state index in [1.807, 2.05) is 6.07 Å². The molecule has 0 amide bonds. The molecule has 0 spiro atoms. The zero-order valence-corrected chi connectivity index (χ0v) is 9.79. The lowest BCUT2D eigenvalue weighted by Crippen LogP contribution is -2.31. The Balaban J connectivity index is 2.23. The predicted octanol–water partition coefficient (Wildman–Crippen LogP) is 3.05. The van der Waals surface area contributed by atoms with Crippen molar-refractivity contribution in [1.29, 1.82) is 0 Å². The fourth-order valence-corrected chi connectivity index (χ4v) is 2.26. The van der Waals surface area contributed by atoms with E-state index in [9.17, 15) is 0 Å². The molecular weight excluding hydrogens is 202 g/mol. The van der Waals surface area contributed by atoms with Gasteiger partial charge in [-0.15, -0.1) is 0 Å². The molecule has 0 unspecified atom stereocenters. The topological polar surface area (TPSA) is 3.88 Å². The number of rotatable bonds is 2. The molecule has 15 heavy (non-hydrogen) atoms. The van der Waals surface area contributed by atoms with Crippen LogP contribution in [-0.2, 0) is 7.05 Å². The zero-order valence-electron chi connectivity index (χ0n) is 8.97.